The summed E-state index contributed by atoms with van der Waals surface area (Å²) < 4.78 is 30.0. The van der Waals surface area contributed by atoms with Crippen molar-refractivity contribution in [3.8, 4) is 0 Å². The van der Waals surface area contributed by atoms with E-state index in [-0.39, 0.29) is 23.4 Å². The predicted octanol–water partition coefficient (Wildman–Crippen LogP) is 1.62. The number of methoxy groups -OCH3 is 1. The van der Waals surface area contributed by atoms with Crippen LogP contribution < -0.4 is 15.1 Å². The number of thiocarbonyl (C=S) groups is 1. The summed E-state index contributed by atoms with van der Waals surface area (Å²) in [5.41, 5.74) is 0.823. The summed E-state index contributed by atoms with van der Waals surface area (Å²) in [6.45, 7) is 2.35. The third-order valence-electron chi connectivity index (χ3n) is 5.33. The third-order valence-corrected chi connectivity index (χ3v) is 5.64. The molecule has 10 nitrogen and oxygen atoms in total. The standard InChI is InChI=1S/C20H22FN5O5S/c1-29-19(32)22-11-14-12-26(20(28)30-14)13-2-3-16(15(21)10-13)24-6-8-25(9-7-24)18(27)17-4-5-23-31-17/h2-5,10,14H,6-9,11-12H2,1H3,(H,22,32). The highest BCUT2D eigenvalue weighted by Gasteiger charge is 2.33. The van der Waals surface area contributed by atoms with Crippen molar-refractivity contribution in [2.75, 3.05) is 56.2 Å². The van der Waals surface area contributed by atoms with Gasteiger partial charge < -0.3 is 29.1 Å². The Morgan fingerprint density at radius 1 is 1.31 bits per heavy atom. The minimum atomic E-state index is -0.549. The lowest BCUT2D eigenvalue weighted by Gasteiger charge is -2.35. The van der Waals surface area contributed by atoms with Gasteiger partial charge in [0.25, 0.3) is 11.1 Å². The highest BCUT2D eigenvalue weighted by molar-refractivity contribution is 7.80. The Morgan fingerprint density at radius 3 is 2.75 bits per heavy atom. The number of carbonyl (C=O) groups excluding carboxylic acids is 2. The maximum Gasteiger partial charge on any atom is 0.414 e. The fourth-order valence-corrected chi connectivity index (χ4v) is 3.74. The van der Waals surface area contributed by atoms with Crippen LogP contribution in [0.2, 0.25) is 0 Å². The zero-order chi connectivity index (χ0) is 22.7. The Hall–Kier alpha value is -3.41. The Kier molecular flexibility index (Phi) is 6.40. The van der Waals surface area contributed by atoms with Crippen LogP contribution in [0.1, 0.15) is 10.6 Å². The molecule has 170 valence electrons. The minimum Gasteiger partial charge on any atom is -0.474 e. The molecule has 2 amide bonds. The first kappa shape index (κ1) is 21.8. The van der Waals surface area contributed by atoms with Crippen molar-refractivity contribution in [2.45, 2.75) is 6.10 Å². The van der Waals surface area contributed by atoms with Crippen molar-refractivity contribution in [1.82, 2.24) is 15.4 Å². The molecule has 0 saturated carbocycles. The number of carbonyl (C=O) groups is 2. The number of ether oxygens (including phenoxy) is 2. The van der Waals surface area contributed by atoms with E-state index in [2.05, 4.69) is 10.5 Å². The lowest BCUT2D eigenvalue weighted by Crippen LogP contribution is -2.49. The van der Waals surface area contributed by atoms with E-state index < -0.39 is 18.0 Å². The summed E-state index contributed by atoms with van der Waals surface area (Å²) >= 11 is 4.91. The normalized spacial score (nSPS) is 18.5. The van der Waals surface area contributed by atoms with E-state index in [1.165, 1.54) is 30.3 Å². The van der Waals surface area contributed by atoms with Crippen LogP contribution >= 0.6 is 12.2 Å². The molecule has 1 aromatic carbocycles. The maximum absolute atomic E-state index is 14.9. The number of anilines is 2. The summed E-state index contributed by atoms with van der Waals surface area (Å²) in [6, 6.07) is 6.15. The molecule has 0 spiro atoms. The lowest BCUT2D eigenvalue weighted by atomic mass is 10.2. The molecule has 2 fully saturated rings. The van der Waals surface area contributed by atoms with Gasteiger partial charge in [0.2, 0.25) is 5.76 Å². The number of piperazine rings is 1. The van der Waals surface area contributed by atoms with E-state index in [1.807, 2.05) is 4.90 Å². The van der Waals surface area contributed by atoms with Crippen LogP contribution in [0.25, 0.3) is 0 Å². The zero-order valence-electron chi connectivity index (χ0n) is 17.3. The van der Waals surface area contributed by atoms with Gasteiger partial charge in [-0.05, 0) is 30.4 Å². The van der Waals surface area contributed by atoms with E-state index in [4.69, 9.17) is 26.2 Å². The second-order valence-corrected chi connectivity index (χ2v) is 7.65. The number of nitrogens with one attached hydrogen (secondary N) is 1. The van der Waals surface area contributed by atoms with Gasteiger partial charge >= 0.3 is 6.09 Å². The number of aromatic nitrogens is 1. The SMILES string of the molecule is COC(=S)NCC1CN(c2ccc(N3CCN(C(=O)c4ccno4)CC3)c(F)c2)C(=O)O1. The quantitative estimate of drug-likeness (QED) is 0.663. The minimum absolute atomic E-state index is 0.184. The van der Waals surface area contributed by atoms with E-state index in [0.717, 1.165) is 0 Å². The summed E-state index contributed by atoms with van der Waals surface area (Å²) in [6.07, 6.45) is 0.434. The van der Waals surface area contributed by atoms with Crippen LogP contribution in [0.5, 0.6) is 0 Å². The first-order valence-corrected chi connectivity index (χ1v) is 10.4. The largest absolute Gasteiger partial charge is 0.474 e. The number of hydrogen-bond donors (Lipinski definition) is 1. The van der Waals surface area contributed by atoms with Gasteiger partial charge in [0.15, 0.2) is 0 Å². The van der Waals surface area contributed by atoms with Gasteiger partial charge in [0.05, 0.1) is 37.8 Å². The van der Waals surface area contributed by atoms with Crippen LogP contribution in [-0.4, -0.2) is 79.7 Å². The number of cyclic esters (lactones) is 1. The molecule has 0 radical (unpaired) electrons. The molecule has 1 atom stereocenters. The molecule has 2 aliphatic heterocycles. The van der Waals surface area contributed by atoms with Gasteiger partial charge in [0, 0.05) is 32.2 Å². The van der Waals surface area contributed by atoms with E-state index >= 15 is 0 Å². The van der Waals surface area contributed by atoms with Crippen LogP contribution in [0.3, 0.4) is 0 Å². The van der Waals surface area contributed by atoms with E-state index in [0.29, 0.717) is 44.1 Å². The predicted molar refractivity (Wildman–Crippen MR) is 116 cm³/mol. The van der Waals surface area contributed by atoms with Crippen molar-refractivity contribution < 1.29 is 28.0 Å². The molecule has 32 heavy (non-hydrogen) atoms. The van der Waals surface area contributed by atoms with E-state index in [1.54, 1.807) is 17.0 Å². The van der Waals surface area contributed by atoms with Crippen LogP contribution in [-0.2, 0) is 9.47 Å². The van der Waals surface area contributed by atoms with Crippen molar-refractivity contribution in [1.29, 1.82) is 0 Å². The van der Waals surface area contributed by atoms with Crippen LogP contribution in [0.4, 0.5) is 20.6 Å². The first-order chi connectivity index (χ1) is 15.5. The van der Waals surface area contributed by atoms with Crippen molar-refractivity contribution in [2.24, 2.45) is 0 Å². The molecule has 3 heterocycles. The summed E-state index contributed by atoms with van der Waals surface area (Å²) in [5, 5.41) is 6.59. The summed E-state index contributed by atoms with van der Waals surface area (Å²) in [4.78, 5) is 29.5. The van der Waals surface area contributed by atoms with Crippen LogP contribution in [0.15, 0.2) is 35.0 Å². The number of benzene rings is 1. The molecule has 1 unspecified atom stereocenters. The van der Waals surface area contributed by atoms with Crippen LogP contribution in [0, 0.1) is 5.82 Å². The smallest absolute Gasteiger partial charge is 0.414 e. The van der Waals surface area contributed by atoms with E-state index in [9.17, 15) is 14.0 Å². The maximum atomic E-state index is 14.9. The molecule has 12 heteroatoms. The Bertz CT molecular complexity index is 996. The molecular weight excluding hydrogens is 441 g/mol. The number of hydrogen-bond acceptors (Lipinski definition) is 8. The van der Waals surface area contributed by atoms with Gasteiger partial charge in [-0.2, -0.15) is 0 Å². The molecule has 2 aliphatic rings. The Morgan fingerprint density at radius 2 is 2.09 bits per heavy atom. The highest BCUT2D eigenvalue weighted by atomic mass is 32.1. The first-order valence-electron chi connectivity index (χ1n) is 10.0. The van der Waals surface area contributed by atoms with Gasteiger partial charge in [-0.3, -0.25) is 9.69 Å². The number of rotatable bonds is 5. The monoisotopic (exact) mass is 463 g/mol. The molecule has 4 rings (SSSR count). The average Bonchev–Trinajstić information content (AvgIpc) is 3.47. The Balaban J connectivity index is 1.36. The molecule has 1 aromatic heterocycles. The molecule has 2 saturated heterocycles. The lowest BCUT2D eigenvalue weighted by molar-refractivity contribution is 0.0704. The fraction of sp³-hybridized carbons (Fsp3) is 0.400. The Labute approximate surface area is 188 Å². The van der Waals surface area contributed by atoms with Gasteiger partial charge in [-0.15, -0.1) is 0 Å². The number of halogens is 1. The zero-order valence-corrected chi connectivity index (χ0v) is 18.1. The second-order valence-electron chi connectivity index (χ2n) is 7.28. The summed E-state index contributed by atoms with van der Waals surface area (Å²) in [5.74, 6) is -0.503. The molecule has 1 N–H and O–H groups in total. The number of amides is 2. The van der Waals surface area contributed by atoms with Crippen molar-refractivity contribution in [3.63, 3.8) is 0 Å². The van der Waals surface area contributed by atoms with Gasteiger partial charge in [-0.25, -0.2) is 9.18 Å². The number of nitrogens with zero attached hydrogens (tertiary/aromatic N) is 4. The molecule has 0 bridgehead atoms. The van der Waals surface area contributed by atoms with Gasteiger partial charge in [-0.1, -0.05) is 5.16 Å². The molecular formula is C20H22FN5O5S. The third kappa shape index (κ3) is 4.59. The van der Waals surface area contributed by atoms with Crippen molar-refractivity contribution >= 4 is 40.8 Å². The topological polar surface area (TPSA) is 100 Å². The summed E-state index contributed by atoms with van der Waals surface area (Å²) in [7, 11) is 1.45. The van der Waals surface area contributed by atoms with Crippen molar-refractivity contribution in [3.05, 3.63) is 42.0 Å². The average molecular weight is 463 g/mol. The highest BCUT2D eigenvalue weighted by Crippen LogP contribution is 2.28. The second kappa shape index (κ2) is 9.39. The van der Waals surface area contributed by atoms with Gasteiger partial charge in [0.1, 0.15) is 11.9 Å². The molecule has 0 aliphatic carbocycles. The molecule has 2 aromatic rings. The fourth-order valence-electron chi connectivity index (χ4n) is 3.66.